The lowest BCUT2D eigenvalue weighted by atomic mass is 10.2. The molecule has 0 aliphatic heterocycles. The molecule has 0 radical (unpaired) electrons. The van der Waals surface area contributed by atoms with Crippen LogP contribution < -0.4 is 16.6 Å². The molecule has 6 heteroatoms. The van der Waals surface area contributed by atoms with E-state index in [1.165, 1.54) is 4.57 Å². The predicted octanol–water partition coefficient (Wildman–Crippen LogP) is 1.06. The Morgan fingerprint density at radius 3 is 2.89 bits per heavy atom. The second kappa shape index (κ2) is 5.49. The van der Waals surface area contributed by atoms with Crippen LogP contribution in [0.2, 0.25) is 0 Å². The third kappa shape index (κ3) is 2.39. The molecule has 2 N–H and O–H groups in total. The largest absolute Gasteiger partial charge is 0.328 e. The molecule has 0 spiro atoms. The van der Waals surface area contributed by atoms with E-state index in [0.717, 1.165) is 13.0 Å². The van der Waals surface area contributed by atoms with E-state index in [-0.39, 0.29) is 11.2 Å². The highest BCUT2D eigenvalue weighted by molar-refractivity contribution is 9.10. The summed E-state index contributed by atoms with van der Waals surface area (Å²) in [6.45, 7) is 1.17. The van der Waals surface area contributed by atoms with Gasteiger partial charge in [0.2, 0.25) is 0 Å². The molecule has 0 unspecified atom stereocenters. The zero-order valence-corrected chi connectivity index (χ0v) is 11.6. The van der Waals surface area contributed by atoms with Gasteiger partial charge >= 0.3 is 5.69 Å². The molecule has 2 aromatic rings. The number of halogens is 1. The first kappa shape index (κ1) is 13.0. The summed E-state index contributed by atoms with van der Waals surface area (Å²) in [6, 6.07) is 5.30. The number of hydrogen-bond acceptors (Lipinski definition) is 3. The van der Waals surface area contributed by atoms with Gasteiger partial charge in [-0.1, -0.05) is 6.07 Å². The van der Waals surface area contributed by atoms with Crippen LogP contribution in [0.3, 0.4) is 0 Å². The van der Waals surface area contributed by atoms with Crippen LogP contribution in [-0.4, -0.2) is 23.1 Å². The number of hydrogen-bond donors (Lipinski definition) is 2. The Morgan fingerprint density at radius 1 is 1.39 bits per heavy atom. The maximum Gasteiger partial charge on any atom is 0.328 e. The fourth-order valence-electron chi connectivity index (χ4n) is 1.87. The zero-order valence-electron chi connectivity index (χ0n) is 10.00. The first-order chi connectivity index (χ1) is 8.65. The van der Waals surface area contributed by atoms with Crippen molar-refractivity contribution in [3.8, 4) is 0 Å². The maximum absolute atomic E-state index is 12.3. The van der Waals surface area contributed by atoms with Gasteiger partial charge in [0.1, 0.15) is 0 Å². The number of aromatic nitrogens is 2. The van der Waals surface area contributed by atoms with Gasteiger partial charge in [-0.2, -0.15) is 0 Å². The highest BCUT2D eigenvalue weighted by atomic mass is 79.9. The molecule has 0 amide bonds. The van der Waals surface area contributed by atoms with E-state index in [2.05, 4.69) is 26.2 Å². The van der Waals surface area contributed by atoms with Gasteiger partial charge in [-0.15, -0.1) is 0 Å². The Kier molecular flexibility index (Phi) is 3.98. The summed E-state index contributed by atoms with van der Waals surface area (Å²) in [5.74, 6) is 0. The molecule has 1 heterocycles. The normalized spacial score (nSPS) is 11.0. The van der Waals surface area contributed by atoms with Gasteiger partial charge in [-0.25, -0.2) is 4.79 Å². The summed E-state index contributed by atoms with van der Waals surface area (Å²) in [7, 11) is 1.84. The van der Waals surface area contributed by atoms with E-state index in [0.29, 0.717) is 21.9 Å². The number of rotatable bonds is 4. The molecule has 0 aliphatic carbocycles. The van der Waals surface area contributed by atoms with Crippen molar-refractivity contribution in [2.45, 2.75) is 13.0 Å². The molecule has 0 bridgehead atoms. The highest BCUT2D eigenvalue weighted by Crippen LogP contribution is 2.17. The van der Waals surface area contributed by atoms with Gasteiger partial charge in [0.15, 0.2) is 0 Å². The molecule has 5 nitrogen and oxygen atoms in total. The third-order valence-corrected chi connectivity index (χ3v) is 3.43. The van der Waals surface area contributed by atoms with Gasteiger partial charge in [0, 0.05) is 11.0 Å². The summed E-state index contributed by atoms with van der Waals surface area (Å²) in [4.78, 5) is 26.8. The van der Waals surface area contributed by atoms with Crippen molar-refractivity contribution in [3.05, 3.63) is 43.5 Å². The molecule has 2 rings (SSSR count). The van der Waals surface area contributed by atoms with Crippen LogP contribution in [-0.2, 0) is 6.54 Å². The van der Waals surface area contributed by atoms with Crippen molar-refractivity contribution in [3.63, 3.8) is 0 Å². The van der Waals surface area contributed by atoms with Gasteiger partial charge in [0.25, 0.3) is 5.56 Å². The van der Waals surface area contributed by atoms with Crippen molar-refractivity contribution in [1.29, 1.82) is 0 Å². The van der Waals surface area contributed by atoms with E-state index in [1.54, 1.807) is 18.2 Å². The molecule has 0 aliphatic rings. The summed E-state index contributed by atoms with van der Waals surface area (Å²) >= 11 is 3.34. The Balaban J connectivity index is 2.58. The standard InChI is InChI=1S/C12H14BrN3O2/c1-14-6-3-7-16-11(17)10-8(13)4-2-5-9(10)15-12(16)18/h2,4-5,14H,3,6-7H2,1H3,(H,15,18). The third-order valence-electron chi connectivity index (χ3n) is 2.77. The molecular formula is C12H14BrN3O2. The first-order valence-corrected chi connectivity index (χ1v) is 6.50. The summed E-state index contributed by atoms with van der Waals surface area (Å²) in [6.07, 6.45) is 0.732. The molecule has 18 heavy (non-hydrogen) atoms. The monoisotopic (exact) mass is 311 g/mol. The Morgan fingerprint density at radius 2 is 2.17 bits per heavy atom. The fourth-order valence-corrected chi connectivity index (χ4v) is 2.41. The molecule has 0 atom stereocenters. The van der Waals surface area contributed by atoms with Crippen LogP contribution in [0.15, 0.2) is 32.3 Å². The molecule has 0 fully saturated rings. The summed E-state index contributed by atoms with van der Waals surface area (Å²) in [5.41, 5.74) is -0.0525. The number of benzene rings is 1. The van der Waals surface area contributed by atoms with E-state index >= 15 is 0 Å². The number of nitrogens with zero attached hydrogens (tertiary/aromatic N) is 1. The van der Waals surface area contributed by atoms with Crippen molar-refractivity contribution < 1.29 is 0 Å². The van der Waals surface area contributed by atoms with E-state index in [1.807, 2.05) is 7.05 Å². The van der Waals surface area contributed by atoms with Crippen molar-refractivity contribution >= 4 is 26.8 Å². The molecule has 96 valence electrons. The Hall–Kier alpha value is -1.40. The first-order valence-electron chi connectivity index (χ1n) is 5.71. The Bertz CT molecular complexity index is 675. The molecule has 0 saturated heterocycles. The smallest absolute Gasteiger partial charge is 0.320 e. The number of H-pyrrole nitrogens is 1. The second-order valence-electron chi connectivity index (χ2n) is 4.01. The zero-order chi connectivity index (χ0) is 13.1. The SMILES string of the molecule is CNCCCn1c(=O)[nH]c2cccc(Br)c2c1=O. The van der Waals surface area contributed by atoms with Crippen molar-refractivity contribution in [2.24, 2.45) is 0 Å². The van der Waals surface area contributed by atoms with Crippen molar-refractivity contribution in [2.75, 3.05) is 13.6 Å². The van der Waals surface area contributed by atoms with Crippen LogP contribution in [0.5, 0.6) is 0 Å². The van der Waals surface area contributed by atoms with Gasteiger partial charge in [0.05, 0.1) is 10.9 Å². The average molecular weight is 312 g/mol. The topological polar surface area (TPSA) is 66.9 Å². The van der Waals surface area contributed by atoms with Gasteiger partial charge < -0.3 is 10.3 Å². The summed E-state index contributed by atoms with van der Waals surface area (Å²) < 4.78 is 1.94. The number of fused-ring (bicyclic) bond motifs is 1. The molecule has 1 aromatic carbocycles. The lowest BCUT2D eigenvalue weighted by molar-refractivity contribution is 0.577. The molecular weight excluding hydrogens is 298 g/mol. The quantitative estimate of drug-likeness (QED) is 0.830. The number of aromatic amines is 1. The fraction of sp³-hybridized carbons (Fsp3) is 0.333. The van der Waals surface area contributed by atoms with E-state index in [9.17, 15) is 9.59 Å². The minimum absolute atomic E-state index is 0.252. The predicted molar refractivity (Wildman–Crippen MR) is 75.1 cm³/mol. The lowest BCUT2D eigenvalue weighted by Crippen LogP contribution is -2.35. The molecule has 1 aromatic heterocycles. The van der Waals surface area contributed by atoms with Crippen molar-refractivity contribution in [1.82, 2.24) is 14.9 Å². The second-order valence-corrected chi connectivity index (χ2v) is 4.86. The Labute approximate surface area is 112 Å². The van der Waals surface area contributed by atoms with Crippen LogP contribution in [0.4, 0.5) is 0 Å². The average Bonchev–Trinajstić information content (AvgIpc) is 2.33. The maximum atomic E-state index is 12.3. The minimum atomic E-state index is -0.360. The van der Waals surface area contributed by atoms with Crippen LogP contribution in [0.25, 0.3) is 10.9 Å². The van der Waals surface area contributed by atoms with Crippen LogP contribution in [0.1, 0.15) is 6.42 Å². The lowest BCUT2D eigenvalue weighted by Gasteiger charge is -2.07. The number of nitrogens with one attached hydrogen (secondary N) is 2. The van der Waals surface area contributed by atoms with E-state index < -0.39 is 0 Å². The van der Waals surface area contributed by atoms with Gasteiger partial charge in [-0.3, -0.25) is 9.36 Å². The van der Waals surface area contributed by atoms with Gasteiger partial charge in [-0.05, 0) is 48.1 Å². The molecule has 0 saturated carbocycles. The highest BCUT2D eigenvalue weighted by Gasteiger charge is 2.09. The summed E-state index contributed by atoms with van der Waals surface area (Å²) in [5, 5.41) is 3.50. The van der Waals surface area contributed by atoms with E-state index in [4.69, 9.17) is 0 Å². The van der Waals surface area contributed by atoms with Crippen LogP contribution >= 0.6 is 15.9 Å². The minimum Gasteiger partial charge on any atom is -0.320 e. The van der Waals surface area contributed by atoms with Crippen LogP contribution in [0, 0.1) is 0 Å².